The quantitative estimate of drug-likeness (QED) is 0.604. The van der Waals surface area contributed by atoms with E-state index in [0.29, 0.717) is 12.3 Å². The minimum atomic E-state index is -4.84. The van der Waals surface area contributed by atoms with E-state index in [4.69, 9.17) is 0 Å². The Labute approximate surface area is 168 Å². The molecule has 0 spiro atoms. The maximum Gasteiger partial charge on any atom is 0.417 e. The molecule has 0 aliphatic rings. The number of aromatic nitrogens is 3. The second-order valence-corrected chi connectivity index (χ2v) is 8.51. The van der Waals surface area contributed by atoms with Crippen LogP contribution in [0.4, 0.5) is 26.3 Å². The third-order valence-corrected chi connectivity index (χ3v) is 6.01. The fourth-order valence-corrected chi connectivity index (χ4v) is 3.59. The molecule has 164 valence electrons. The molecule has 0 radical (unpaired) electrons. The number of nitrogens with zero attached hydrogens (tertiary/aromatic N) is 3. The second kappa shape index (κ2) is 7.89. The van der Waals surface area contributed by atoms with Gasteiger partial charge in [0, 0.05) is 18.8 Å². The van der Waals surface area contributed by atoms with Crippen LogP contribution in [0.1, 0.15) is 30.8 Å². The van der Waals surface area contributed by atoms with Crippen LogP contribution in [-0.2, 0) is 23.1 Å². The Morgan fingerprint density at radius 3 is 2.30 bits per heavy atom. The molecule has 0 aromatic carbocycles. The summed E-state index contributed by atoms with van der Waals surface area (Å²) >= 11 is 0. The van der Waals surface area contributed by atoms with Crippen molar-refractivity contribution in [1.29, 1.82) is 0 Å². The minimum Gasteiger partial charge on any atom is -0.326 e. The summed E-state index contributed by atoms with van der Waals surface area (Å²) in [6, 6.07) is 0.444. The summed E-state index contributed by atoms with van der Waals surface area (Å²) in [4.78, 5) is 6.94. The van der Waals surface area contributed by atoms with Gasteiger partial charge in [-0.15, -0.1) is 0 Å². The van der Waals surface area contributed by atoms with Gasteiger partial charge < -0.3 is 4.57 Å². The van der Waals surface area contributed by atoms with E-state index in [1.54, 1.807) is 0 Å². The first-order valence-electron chi connectivity index (χ1n) is 8.38. The van der Waals surface area contributed by atoms with E-state index in [2.05, 4.69) is 16.5 Å². The Balaban J connectivity index is 2.84. The predicted molar refractivity (Wildman–Crippen MR) is 99.0 cm³/mol. The number of allylic oxidation sites excluding steroid dienone is 1. The molecule has 12 heteroatoms. The molecule has 0 unspecified atom stereocenters. The minimum absolute atomic E-state index is 0.107. The number of hydrogen-bond acceptors (Lipinski definition) is 4. The van der Waals surface area contributed by atoms with Crippen molar-refractivity contribution in [2.24, 2.45) is 7.05 Å². The smallest absolute Gasteiger partial charge is 0.326 e. The molecule has 0 bridgehead atoms. The number of rotatable bonds is 5. The lowest BCUT2D eigenvalue weighted by molar-refractivity contribution is -0.138. The summed E-state index contributed by atoms with van der Waals surface area (Å²) in [5, 5.41) is 0. The van der Waals surface area contributed by atoms with E-state index in [1.807, 2.05) is 0 Å². The monoisotopic (exact) mass is 453 g/mol. The number of hydrogen-bond donors (Lipinski definition) is 0. The molecule has 30 heavy (non-hydrogen) atoms. The summed E-state index contributed by atoms with van der Waals surface area (Å²) in [5.74, 6) is -0.728. The van der Waals surface area contributed by atoms with Crippen LogP contribution in [-0.4, -0.2) is 34.9 Å². The predicted octanol–water partition coefficient (Wildman–Crippen LogP) is 4.90. The van der Waals surface area contributed by atoms with Crippen molar-refractivity contribution < 1.29 is 34.8 Å². The highest BCUT2D eigenvalue weighted by atomic mass is 32.2. The van der Waals surface area contributed by atoms with Gasteiger partial charge in [-0.3, -0.25) is 4.98 Å². The highest BCUT2D eigenvalue weighted by Gasteiger charge is 2.35. The number of imidazole rings is 1. The lowest BCUT2D eigenvalue weighted by Crippen LogP contribution is -2.13. The van der Waals surface area contributed by atoms with Gasteiger partial charge in [-0.1, -0.05) is 13.5 Å². The van der Waals surface area contributed by atoms with Crippen LogP contribution in [0.2, 0.25) is 0 Å². The molecule has 2 rings (SSSR count). The Morgan fingerprint density at radius 2 is 1.83 bits per heavy atom. The third-order valence-electron chi connectivity index (χ3n) is 4.27. The normalized spacial score (nSPS) is 13.6. The van der Waals surface area contributed by atoms with Crippen molar-refractivity contribution in [2.45, 2.75) is 31.1 Å². The summed E-state index contributed by atoms with van der Waals surface area (Å²) in [7, 11) is -2.81. The summed E-state index contributed by atoms with van der Waals surface area (Å²) in [6.07, 6.45) is -7.08. The SMILES string of the molecule is C=Cc1c(/C=C(\C)C(F)(F)F)nc(-c2ncc(C(F)(F)F)cc2S(=O)(=O)CC)n1C. The van der Waals surface area contributed by atoms with E-state index < -0.39 is 49.7 Å². The molecular formula is C18H17F6N3O2S. The van der Waals surface area contributed by atoms with Gasteiger partial charge >= 0.3 is 12.4 Å². The highest BCUT2D eigenvalue weighted by Crippen LogP contribution is 2.35. The van der Waals surface area contributed by atoms with E-state index >= 15 is 0 Å². The van der Waals surface area contributed by atoms with E-state index in [0.717, 1.165) is 13.0 Å². The van der Waals surface area contributed by atoms with Gasteiger partial charge in [-0.25, -0.2) is 13.4 Å². The molecule has 2 aromatic rings. The van der Waals surface area contributed by atoms with Gasteiger partial charge in [-0.2, -0.15) is 26.3 Å². The van der Waals surface area contributed by atoms with Gasteiger partial charge in [0.2, 0.25) is 0 Å². The van der Waals surface area contributed by atoms with Crippen molar-refractivity contribution in [1.82, 2.24) is 14.5 Å². The Bertz CT molecular complexity index is 1110. The Hall–Kier alpha value is -2.63. The largest absolute Gasteiger partial charge is 0.417 e. The van der Waals surface area contributed by atoms with Crippen LogP contribution < -0.4 is 0 Å². The molecule has 0 aliphatic carbocycles. The maximum absolute atomic E-state index is 13.1. The van der Waals surface area contributed by atoms with Gasteiger partial charge in [0.25, 0.3) is 0 Å². The van der Waals surface area contributed by atoms with Crippen LogP contribution >= 0.6 is 0 Å². The third kappa shape index (κ3) is 4.58. The van der Waals surface area contributed by atoms with Gasteiger partial charge in [0.15, 0.2) is 15.7 Å². The van der Waals surface area contributed by atoms with Crippen LogP contribution in [0.25, 0.3) is 23.7 Å². The summed E-state index contributed by atoms with van der Waals surface area (Å²) < 4.78 is 104. The number of sulfone groups is 1. The summed E-state index contributed by atoms with van der Waals surface area (Å²) in [5.41, 5.74) is -2.73. The summed E-state index contributed by atoms with van der Waals surface area (Å²) in [6.45, 7) is 5.57. The lowest BCUT2D eigenvalue weighted by atomic mass is 10.2. The first-order chi connectivity index (χ1) is 13.6. The molecule has 0 fully saturated rings. The fourth-order valence-electron chi connectivity index (χ4n) is 2.54. The first-order valence-corrected chi connectivity index (χ1v) is 10.0. The standard InChI is InChI=1S/C18H17F6N3O2S/c1-5-13-12(7-10(3)17(19,20)21)26-16(27(13)4)15-14(30(28,29)6-2)8-11(9-25-15)18(22,23)24/h5,7-9H,1,6H2,2-4H3/b10-7+. The Morgan fingerprint density at radius 1 is 1.23 bits per heavy atom. The number of halogens is 6. The van der Waals surface area contributed by atoms with Crippen molar-refractivity contribution in [2.75, 3.05) is 5.75 Å². The van der Waals surface area contributed by atoms with Gasteiger partial charge in [-0.05, 0) is 25.1 Å². The average Bonchev–Trinajstić information content (AvgIpc) is 2.94. The average molecular weight is 453 g/mol. The van der Waals surface area contributed by atoms with Crippen LogP contribution in [0.15, 0.2) is 29.3 Å². The van der Waals surface area contributed by atoms with Crippen molar-refractivity contribution in [3.05, 3.63) is 41.4 Å². The molecule has 0 atom stereocenters. The molecule has 0 aliphatic heterocycles. The van der Waals surface area contributed by atoms with Gasteiger partial charge in [0.05, 0.1) is 27.6 Å². The zero-order valence-electron chi connectivity index (χ0n) is 16.1. The van der Waals surface area contributed by atoms with Crippen molar-refractivity contribution in [3.63, 3.8) is 0 Å². The number of pyridine rings is 1. The molecular weight excluding hydrogens is 436 g/mol. The number of alkyl halides is 6. The maximum atomic E-state index is 13.1. The van der Waals surface area contributed by atoms with E-state index in [-0.39, 0.29) is 17.2 Å². The second-order valence-electron chi connectivity index (χ2n) is 6.27. The molecule has 2 heterocycles. The molecule has 0 amide bonds. The Kier molecular flexibility index (Phi) is 6.22. The molecule has 2 aromatic heterocycles. The molecule has 0 saturated carbocycles. The van der Waals surface area contributed by atoms with Gasteiger partial charge in [0.1, 0.15) is 5.69 Å². The molecule has 0 saturated heterocycles. The molecule has 5 nitrogen and oxygen atoms in total. The first kappa shape index (κ1) is 23.6. The van der Waals surface area contributed by atoms with E-state index in [1.165, 1.54) is 24.6 Å². The lowest BCUT2D eigenvalue weighted by Gasteiger charge is -2.12. The highest BCUT2D eigenvalue weighted by molar-refractivity contribution is 7.91. The van der Waals surface area contributed by atoms with Crippen molar-refractivity contribution >= 4 is 22.0 Å². The zero-order valence-corrected chi connectivity index (χ0v) is 16.9. The topological polar surface area (TPSA) is 64.8 Å². The van der Waals surface area contributed by atoms with Crippen LogP contribution in [0.5, 0.6) is 0 Å². The van der Waals surface area contributed by atoms with E-state index in [9.17, 15) is 34.8 Å². The molecule has 0 N–H and O–H groups in total. The van der Waals surface area contributed by atoms with Crippen LogP contribution in [0, 0.1) is 0 Å². The fraction of sp³-hybridized carbons (Fsp3) is 0.333. The van der Waals surface area contributed by atoms with Crippen LogP contribution in [0.3, 0.4) is 0 Å². The van der Waals surface area contributed by atoms with Crippen molar-refractivity contribution in [3.8, 4) is 11.5 Å². The zero-order chi connectivity index (χ0) is 23.1.